The molecule has 0 aromatic heterocycles. The number of carbonyl (C=O) groups is 1. The van der Waals surface area contributed by atoms with Crippen molar-refractivity contribution in [1.29, 1.82) is 0 Å². The molecule has 1 N–H and O–H groups in total. The van der Waals surface area contributed by atoms with Gasteiger partial charge in [-0.15, -0.1) is 0 Å². The molecule has 1 amide bonds. The number of hydrogen-bond acceptors (Lipinski definition) is 2. The lowest BCUT2D eigenvalue weighted by Crippen LogP contribution is -2.14. The van der Waals surface area contributed by atoms with Crippen LogP contribution in [0.3, 0.4) is 0 Å². The summed E-state index contributed by atoms with van der Waals surface area (Å²) in [5, 5.41) is 3.61. The molecule has 0 aliphatic carbocycles. The Kier molecular flexibility index (Phi) is 6.91. The summed E-state index contributed by atoms with van der Waals surface area (Å²) in [7, 11) is 0. The van der Waals surface area contributed by atoms with Crippen LogP contribution in [0.15, 0.2) is 46.9 Å². The van der Waals surface area contributed by atoms with Crippen molar-refractivity contribution in [2.75, 3.05) is 11.9 Å². The maximum atomic E-state index is 12.1. The van der Waals surface area contributed by atoms with Crippen molar-refractivity contribution in [3.63, 3.8) is 0 Å². The molecule has 0 aliphatic heterocycles. The number of halogens is 2. The third kappa shape index (κ3) is 6.37. The van der Waals surface area contributed by atoms with E-state index in [1.165, 1.54) is 5.56 Å². The summed E-state index contributed by atoms with van der Waals surface area (Å²) in [5.41, 5.74) is 2.08. The maximum absolute atomic E-state index is 12.1. The molecule has 134 valence electrons. The van der Waals surface area contributed by atoms with Gasteiger partial charge in [-0.2, -0.15) is 0 Å². The number of rotatable bonds is 6. The van der Waals surface area contributed by atoms with E-state index in [-0.39, 0.29) is 11.3 Å². The zero-order valence-electron chi connectivity index (χ0n) is 14.7. The van der Waals surface area contributed by atoms with E-state index in [0.717, 1.165) is 15.9 Å². The van der Waals surface area contributed by atoms with Crippen LogP contribution in [-0.2, 0) is 10.2 Å². The van der Waals surface area contributed by atoms with E-state index in [2.05, 4.69) is 48.1 Å². The molecule has 2 rings (SSSR count). The Balaban J connectivity index is 1.79. The number of carbonyl (C=O) groups excluding carboxylic acids is 1. The molecule has 0 bridgehead atoms. The van der Waals surface area contributed by atoms with Crippen molar-refractivity contribution < 1.29 is 9.53 Å². The predicted octanol–water partition coefficient (Wildman–Crippen LogP) is 6.20. The van der Waals surface area contributed by atoms with E-state index in [9.17, 15) is 4.79 Å². The lowest BCUT2D eigenvalue weighted by Gasteiger charge is -2.20. The van der Waals surface area contributed by atoms with Crippen LogP contribution in [0.1, 0.15) is 39.2 Å². The molecule has 2 aromatic rings. The summed E-state index contributed by atoms with van der Waals surface area (Å²) in [6.07, 6.45) is 1.05. The molecule has 25 heavy (non-hydrogen) atoms. The zero-order valence-corrected chi connectivity index (χ0v) is 17.1. The topological polar surface area (TPSA) is 38.3 Å². The Labute approximate surface area is 162 Å². The quantitative estimate of drug-likeness (QED) is 0.561. The standard InChI is InChI=1S/C20H23BrClNO2/c1-20(2,3)14-6-11-18(17(21)13-14)23-19(24)5-4-12-25-16-9-7-15(22)8-10-16/h6-11,13H,4-5,12H2,1-3H3,(H,23,24). The van der Waals surface area contributed by atoms with Gasteiger partial charge < -0.3 is 10.1 Å². The summed E-state index contributed by atoms with van der Waals surface area (Å²) in [6, 6.07) is 13.2. The number of benzene rings is 2. The molecule has 0 saturated carbocycles. The molecule has 0 fully saturated rings. The molecule has 0 atom stereocenters. The molecule has 5 heteroatoms. The molecule has 0 heterocycles. The van der Waals surface area contributed by atoms with Crippen LogP contribution in [0.5, 0.6) is 5.75 Å². The summed E-state index contributed by atoms with van der Waals surface area (Å²) in [5.74, 6) is 0.731. The van der Waals surface area contributed by atoms with E-state index in [0.29, 0.717) is 24.5 Å². The third-order valence-corrected chi connectivity index (χ3v) is 4.65. The predicted molar refractivity (Wildman–Crippen MR) is 108 cm³/mol. The Morgan fingerprint density at radius 1 is 1.16 bits per heavy atom. The highest BCUT2D eigenvalue weighted by atomic mass is 79.9. The molecule has 0 saturated heterocycles. The first-order chi connectivity index (χ1) is 11.8. The van der Waals surface area contributed by atoms with Crippen molar-refractivity contribution in [3.05, 3.63) is 57.5 Å². The first-order valence-electron chi connectivity index (χ1n) is 8.24. The van der Waals surface area contributed by atoms with Gasteiger partial charge in [0, 0.05) is 15.9 Å². The van der Waals surface area contributed by atoms with Crippen molar-refractivity contribution >= 4 is 39.1 Å². The van der Waals surface area contributed by atoms with Gasteiger partial charge in [0.25, 0.3) is 0 Å². The molecule has 0 unspecified atom stereocenters. The lowest BCUT2D eigenvalue weighted by molar-refractivity contribution is -0.116. The highest BCUT2D eigenvalue weighted by molar-refractivity contribution is 9.10. The van der Waals surface area contributed by atoms with E-state index in [4.69, 9.17) is 16.3 Å². The molecular weight excluding hydrogens is 402 g/mol. The number of amides is 1. The Hall–Kier alpha value is -1.52. The Morgan fingerprint density at radius 2 is 1.84 bits per heavy atom. The minimum absolute atomic E-state index is 0.0242. The highest BCUT2D eigenvalue weighted by Crippen LogP contribution is 2.30. The van der Waals surface area contributed by atoms with Gasteiger partial charge in [0.2, 0.25) is 5.91 Å². The Morgan fingerprint density at radius 3 is 2.44 bits per heavy atom. The van der Waals surface area contributed by atoms with E-state index >= 15 is 0 Å². The average molecular weight is 425 g/mol. The van der Waals surface area contributed by atoms with Crippen LogP contribution in [0, 0.1) is 0 Å². The van der Waals surface area contributed by atoms with Crippen molar-refractivity contribution in [2.24, 2.45) is 0 Å². The first kappa shape index (κ1) is 19.8. The second-order valence-corrected chi connectivity index (χ2v) is 8.19. The van der Waals surface area contributed by atoms with Crippen LogP contribution in [-0.4, -0.2) is 12.5 Å². The third-order valence-electron chi connectivity index (χ3n) is 3.74. The minimum atomic E-state index is -0.0242. The number of ether oxygens (including phenoxy) is 1. The van der Waals surface area contributed by atoms with Gasteiger partial charge in [-0.1, -0.05) is 38.4 Å². The van der Waals surface area contributed by atoms with Gasteiger partial charge in [-0.25, -0.2) is 0 Å². The SMILES string of the molecule is CC(C)(C)c1ccc(NC(=O)CCCOc2ccc(Cl)cc2)c(Br)c1. The summed E-state index contributed by atoms with van der Waals surface area (Å²) >= 11 is 9.36. The molecule has 0 aliphatic rings. The van der Waals surface area contributed by atoms with Crippen molar-refractivity contribution in [3.8, 4) is 5.75 Å². The molecular formula is C20H23BrClNO2. The monoisotopic (exact) mass is 423 g/mol. The summed E-state index contributed by atoms with van der Waals surface area (Å²) < 4.78 is 6.48. The smallest absolute Gasteiger partial charge is 0.224 e. The van der Waals surface area contributed by atoms with Crippen LogP contribution in [0.2, 0.25) is 5.02 Å². The summed E-state index contributed by atoms with van der Waals surface area (Å²) in [6.45, 7) is 6.97. The molecule has 3 nitrogen and oxygen atoms in total. The fourth-order valence-electron chi connectivity index (χ4n) is 2.25. The maximum Gasteiger partial charge on any atom is 0.224 e. The average Bonchev–Trinajstić information content (AvgIpc) is 2.54. The molecule has 0 radical (unpaired) electrons. The highest BCUT2D eigenvalue weighted by Gasteiger charge is 2.15. The van der Waals surface area contributed by atoms with Gasteiger partial charge in [0.1, 0.15) is 5.75 Å². The van der Waals surface area contributed by atoms with Crippen LogP contribution >= 0.6 is 27.5 Å². The van der Waals surface area contributed by atoms with E-state index in [1.807, 2.05) is 24.3 Å². The fraction of sp³-hybridized carbons (Fsp3) is 0.350. The number of anilines is 1. The Bertz CT molecular complexity index is 723. The normalized spacial score (nSPS) is 11.2. The lowest BCUT2D eigenvalue weighted by atomic mass is 9.87. The number of hydrogen-bond donors (Lipinski definition) is 1. The van der Waals surface area contributed by atoms with Crippen molar-refractivity contribution in [2.45, 2.75) is 39.0 Å². The van der Waals surface area contributed by atoms with Crippen LogP contribution in [0.4, 0.5) is 5.69 Å². The largest absolute Gasteiger partial charge is 0.494 e. The molecule has 2 aromatic carbocycles. The minimum Gasteiger partial charge on any atom is -0.494 e. The van der Waals surface area contributed by atoms with Gasteiger partial charge >= 0.3 is 0 Å². The number of nitrogens with one attached hydrogen (secondary N) is 1. The van der Waals surface area contributed by atoms with Crippen LogP contribution in [0.25, 0.3) is 0 Å². The first-order valence-corrected chi connectivity index (χ1v) is 9.41. The fourth-order valence-corrected chi connectivity index (χ4v) is 2.85. The van der Waals surface area contributed by atoms with Gasteiger partial charge in [-0.05, 0) is 69.7 Å². The second kappa shape index (κ2) is 8.72. The zero-order chi connectivity index (χ0) is 18.4. The second-order valence-electron chi connectivity index (χ2n) is 6.90. The van der Waals surface area contributed by atoms with Gasteiger partial charge in [0.15, 0.2) is 0 Å². The van der Waals surface area contributed by atoms with E-state index < -0.39 is 0 Å². The van der Waals surface area contributed by atoms with Crippen molar-refractivity contribution in [1.82, 2.24) is 0 Å². The molecule has 0 spiro atoms. The van der Waals surface area contributed by atoms with Gasteiger partial charge in [-0.3, -0.25) is 4.79 Å². The van der Waals surface area contributed by atoms with Crippen LogP contribution < -0.4 is 10.1 Å². The van der Waals surface area contributed by atoms with E-state index in [1.54, 1.807) is 12.1 Å². The van der Waals surface area contributed by atoms with Gasteiger partial charge in [0.05, 0.1) is 12.3 Å². The summed E-state index contributed by atoms with van der Waals surface area (Å²) in [4.78, 5) is 12.1.